The molecule has 2 aliphatic carbocycles. The predicted molar refractivity (Wildman–Crippen MR) is 87.2 cm³/mol. The zero-order valence-electron chi connectivity index (χ0n) is 13.1. The molecule has 1 N–H and O–H groups in total. The molecule has 1 aromatic carbocycles. The van der Waals surface area contributed by atoms with Crippen LogP contribution in [-0.2, 0) is 0 Å². The van der Waals surface area contributed by atoms with E-state index in [1.54, 1.807) is 0 Å². The third-order valence-corrected chi connectivity index (χ3v) is 5.46. The molecular formula is C19H29N. The quantitative estimate of drug-likeness (QED) is 0.756. The van der Waals surface area contributed by atoms with E-state index < -0.39 is 0 Å². The van der Waals surface area contributed by atoms with Crippen LogP contribution in [-0.4, -0.2) is 6.04 Å². The van der Waals surface area contributed by atoms with Crippen LogP contribution in [0.5, 0.6) is 0 Å². The Morgan fingerprint density at radius 3 is 2.60 bits per heavy atom. The highest BCUT2D eigenvalue weighted by atomic mass is 14.9. The summed E-state index contributed by atoms with van der Waals surface area (Å²) in [5, 5.41) is 3.81. The molecule has 0 aliphatic heterocycles. The van der Waals surface area contributed by atoms with E-state index in [9.17, 15) is 0 Å². The predicted octanol–water partition coefficient (Wildman–Crippen LogP) is 5.58. The molecule has 2 aliphatic rings. The molecule has 110 valence electrons. The summed E-state index contributed by atoms with van der Waals surface area (Å²) in [6.45, 7) is 4.54. The lowest BCUT2D eigenvalue weighted by Gasteiger charge is -2.39. The van der Waals surface area contributed by atoms with E-state index in [4.69, 9.17) is 0 Å². The van der Waals surface area contributed by atoms with Crippen LogP contribution in [0.3, 0.4) is 0 Å². The smallest absolute Gasteiger partial charge is 0.0345 e. The normalized spacial score (nSPS) is 30.1. The molecule has 2 fully saturated rings. The van der Waals surface area contributed by atoms with Gasteiger partial charge in [0.25, 0.3) is 0 Å². The maximum Gasteiger partial charge on any atom is 0.0345 e. The lowest BCUT2D eigenvalue weighted by atomic mass is 9.69. The molecule has 3 atom stereocenters. The summed E-state index contributed by atoms with van der Waals surface area (Å²) in [6.07, 6.45) is 10.2. The first-order valence-electron chi connectivity index (χ1n) is 8.59. The molecule has 0 radical (unpaired) electrons. The van der Waals surface area contributed by atoms with Gasteiger partial charge in [-0.15, -0.1) is 0 Å². The maximum atomic E-state index is 3.81. The van der Waals surface area contributed by atoms with Crippen molar-refractivity contribution < 1.29 is 0 Å². The van der Waals surface area contributed by atoms with Gasteiger partial charge in [-0.1, -0.05) is 51.7 Å². The molecule has 0 spiro atoms. The minimum absolute atomic E-state index is 0.617. The van der Waals surface area contributed by atoms with Gasteiger partial charge in [-0.3, -0.25) is 0 Å². The van der Waals surface area contributed by atoms with Crippen molar-refractivity contribution >= 4 is 5.69 Å². The Hall–Kier alpha value is -0.980. The molecule has 0 heterocycles. The molecule has 3 unspecified atom stereocenters. The summed E-state index contributed by atoms with van der Waals surface area (Å²) in [6, 6.07) is 9.73. The highest BCUT2D eigenvalue weighted by Crippen LogP contribution is 2.41. The Kier molecular flexibility index (Phi) is 4.33. The molecule has 1 heteroatoms. The van der Waals surface area contributed by atoms with E-state index in [2.05, 4.69) is 43.4 Å². The highest BCUT2D eigenvalue weighted by molar-refractivity contribution is 5.47. The van der Waals surface area contributed by atoms with Gasteiger partial charge in [0.15, 0.2) is 0 Å². The Bertz CT molecular complexity index is 437. The van der Waals surface area contributed by atoms with Crippen LogP contribution in [0.2, 0.25) is 0 Å². The molecule has 0 bridgehead atoms. The molecule has 1 nitrogen and oxygen atoms in total. The fraction of sp³-hybridized carbons (Fsp3) is 0.684. The Balaban J connectivity index is 1.62. The zero-order chi connectivity index (χ0) is 13.9. The number of benzene rings is 1. The van der Waals surface area contributed by atoms with Crippen molar-refractivity contribution in [1.82, 2.24) is 0 Å². The Morgan fingerprint density at radius 2 is 1.80 bits per heavy atom. The average Bonchev–Trinajstić information content (AvgIpc) is 2.47. The summed E-state index contributed by atoms with van der Waals surface area (Å²) < 4.78 is 0. The molecule has 3 rings (SSSR count). The van der Waals surface area contributed by atoms with Crippen LogP contribution >= 0.6 is 0 Å². The largest absolute Gasteiger partial charge is 0.382 e. The average molecular weight is 271 g/mol. The van der Waals surface area contributed by atoms with Crippen LogP contribution in [0.1, 0.15) is 70.3 Å². The van der Waals surface area contributed by atoms with Gasteiger partial charge in [-0.05, 0) is 54.7 Å². The third kappa shape index (κ3) is 3.19. The maximum absolute atomic E-state index is 3.81. The first kappa shape index (κ1) is 14.0. The van der Waals surface area contributed by atoms with Crippen molar-refractivity contribution in [3.63, 3.8) is 0 Å². The minimum atomic E-state index is 0.617. The highest BCUT2D eigenvalue weighted by Gasteiger charge is 2.31. The fourth-order valence-corrected chi connectivity index (χ4v) is 4.23. The number of fused-ring (bicyclic) bond motifs is 1. The Labute approximate surface area is 124 Å². The molecule has 1 aromatic rings. The summed E-state index contributed by atoms with van der Waals surface area (Å²) in [5.74, 6) is 2.66. The van der Waals surface area contributed by atoms with Gasteiger partial charge in [0, 0.05) is 11.7 Å². The van der Waals surface area contributed by atoms with Crippen molar-refractivity contribution in [2.24, 2.45) is 11.8 Å². The molecule has 0 aromatic heterocycles. The molecule has 0 saturated heterocycles. The van der Waals surface area contributed by atoms with Crippen molar-refractivity contribution in [3.05, 3.63) is 29.8 Å². The second kappa shape index (κ2) is 6.20. The van der Waals surface area contributed by atoms with Crippen LogP contribution in [0.4, 0.5) is 5.69 Å². The minimum Gasteiger partial charge on any atom is -0.382 e. The van der Waals surface area contributed by atoms with E-state index in [1.807, 2.05) is 0 Å². The number of anilines is 1. The summed E-state index contributed by atoms with van der Waals surface area (Å²) >= 11 is 0. The van der Waals surface area contributed by atoms with E-state index in [0.29, 0.717) is 12.0 Å². The molecule has 20 heavy (non-hydrogen) atoms. The van der Waals surface area contributed by atoms with Crippen LogP contribution in [0.25, 0.3) is 0 Å². The van der Waals surface area contributed by atoms with Crippen molar-refractivity contribution in [3.8, 4) is 0 Å². The Morgan fingerprint density at radius 1 is 1.00 bits per heavy atom. The van der Waals surface area contributed by atoms with Gasteiger partial charge in [-0.25, -0.2) is 0 Å². The first-order valence-corrected chi connectivity index (χ1v) is 8.59. The monoisotopic (exact) mass is 271 g/mol. The van der Waals surface area contributed by atoms with E-state index in [-0.39, 0.29) is 0 Å². The van der Waals surface area contributed by atoms with Gasteiger partial charge < -0.3 is 5.32 Å². The van der Waals surface area contributed by atoms with E-state index in [1.165, 1.54) is 56.2 Å². The zero-order valence-corrected chi connectivity index (χ0v) is 13.1. The lowest BCUT2D eigenvalue weighted by molar-refractivity contribution is 0.162. The van der Waals surface area contributed by atoms with Crippen LogP contribution in [0, 0.1) is 11.8 Å². The van der Waals surface area contributed by atoms with Crippen LogP contribution < -0.4 is 5.32 Å². The number of hydrogen-bond acceptors (Lipinski definition) is 1. The standard InChI is InChI=1S/C19H29N/c1-14(2)16-8-5-9-18(12-16)20-19-11-10-15-6-3-4-7-17(15)13-19/h5,8-9,12,14-15,17,19-20H,3-4,6-7,10-11,13H2,1-2H3. The topological polar surface area (TPSA) is 12.0 Å². The number of hydrogen-bond donors (Lipinski definition) is 1. The second-order valence-corrected chi connectivity index (χ2v) is 7.24. The van der Waals surface area contributed by atoms with Crippen LogP contribution in [0.15, 0.2) is 24.3 Å². The summed E-state index contributed by atoms with van der Waals surface area (Å²) in [5.41, 5.74) is 2.77. The summed E-state index contributed by atoms with van der Waals surface area (Å²) in [4.78, 5) is 0. The second-order valence-electron chi connectivity index (χ2n) is 7.24. The fourth-order valence-electron chi connectivity index (χ4n) is 4.23. The van der Waals surface area contributed by atoms with Gasteiger partial charge in [0.2, 0.25) is 0 Å². The van der Waals surface area contributed by atoms with Crippen molar-refractivity contribution in [2.75, 3.05) is 5.32 Å². The first-order chi connectivity index (χ1) is 9.72. The van der Waals surface area contributed by atoms with Crippen molar-refractivity contribution in [1.29, 1.82) is 0 Å². The number of rotatable bonds is 3. The van der Waals surface area contributed by atoms with Crippen molar-refractivity contribution in [2.45, 2.75) is 70.8 Å². The molecular weight excluding hydrogens is 242 g/mol. The number of nitrogens with one attached hydrogen (secondary N) is 1. The van der Waals surface area contributed by atoms with Gasteiger partial charge in [-0.2, -0.15) is 0 Å². The van der Waals surface area contributed by atoms with Gasteiger partial charge in [0.05, 0.1) is 0 Å². The van der Waals surface area contributed by atoms with Gasteiger partial charge >= 0.3 is 0 Å². The third-order valence-electron chi connectivity index (χ3n) is 5.46. The van der Waals surface area contributed by atoms with Gasteiger partial charge in [0.1, 0.15) is 0 Å². The molecule has 0 amide bonds. The lowest BCUT2D eigenvalue weighted by Crippen LogP contribution is -2.34. The van der Waals surface area contributed by atoms with E-state index in [0.717, 1.165) is 11.8 Å². The van der Waals surface area contributed by atoms with E-state index >= 15 is 0 Å². The SMILES string of the molecule is CC(C)c1cccc(NC2CCC3CCCCC3C2)c1. The summed E-state index contributed by atoms with van der Waals surface area (Å²) in [7, 11) is 0. The molecule has 2 saturated carbocycles.